The second kappa shape index (κ2) is 4.28. The number of aromatic nitrogens is 2. The van der Waals surface area contributed by atoms with Gasteiger partial charge < -0.3 is 17.5 Å². The van der Waals surface area contributed by atoms with E-state index < -0.39 is 5.97 Å². The van der Waals surface area contributed by atoms with Crippen LogP contribution in [0.5, 0.6) is 0 Å². The molecule has 0 aliphatic carbocycles. The Hall–Kier alpha value is -1.03. The summed E-state index contributed by atoms with van der Waals surface area (Å²) in [5.41, 5.74) is 2.00. The summed E-state index contributed by atoms with van der Waals surface area (Å²) in [5.74, 6) is 0.0672. The summed E-state index contributed by atoms with van der Waals surface area (Å²) < 4.78 is 1.75. The third-order valence-electron chi connectivity index (χ3n) is 2.01. The summed E-state index contributed by atoms with van der Waals surface area (Å²) in [6.07, 6.45) is 0. The number of imidazole rings is 1. The normalized spacial score (nSPS) is 9.46. The molecule has 4 nitrogen and oxygen atoms in total. The SMILES string of the molecule is Cc1[nH]c(C)[n+](CC(=O)O)c1C.[Cl-]. The molecule has 1 rings (SSSR count). The van der Waals surface area contributed by atoms with Crippen LogP contribution in [0.3, 0.4) is 0 Å². The molecule has 5 heteroatoms. The van der Waals surface area contributed by atoms with Crippen molar-refractivity contribution in [3.05, 3.63) is 17.2 Å². The molecule has 0 unspecified atom stereocenters. The van der Waals surface area contributed by atoms with Crippen LogP contribution < -0.4 is 17.0 Å². The zero-order valence-electron chi connectivity index (χ0n) is 7.89. The molecule has 2 N–H and O–H groups in total. The number of aromatic amines is 1. The molecule has 0 bridgehead atoms. The summed E-state index contributed by atoms with van der Waals surface area (Å²) >= 11 is 0. The van der Waals surface area contributed by atoms with E-state index in [1.807, 2.05) is 20.8 Å². The Labute approximate surface area is 83.0 Å². The van der Waals surface area contributed by atoms with Crippen LogP contribution in [0.15, 0.2) is 0 Å². The Bertz CT molecular complexity index is 320. The fourth-order valence-electron chi connectivity index (χ4n) is 1.26. The Morgan fingerprint density at radius 3 is 2.31 bits per heavy atom. The second-order valence-corrected chi connectivity index (χ2v) is 2.90. The average Bonchev–Trinajstić information content (AvgIpc) is 2.16. The van der Waals surface area contributed by atoms with E-state index in [1.165, 1.54) is 0 Å². The number of carbonyl (C=O) groups is 1. The lowest BCUT2D eigenvalue weighted by molar-refractivity contribution is -0.696. The molecule has 0 fully saturated rings. The molecule has 0 amide bonds. The van der Waals surface area contributed by atoms with Gasteiger partial charge in [-0.1, -0.05) is 0 Å². The number of nitrogens with zero attached hydrogens (tertiary/aromatic N) is 1. The zero-order chi connectivity index (χ0) is 9.30. The van der Waals surface area contributed by atoms with Gasteiger partial charge in [-0.15, -0.1) is 0 Å². The average molecular weight is 205 g/mol. The molecule has 13 heavy (non-hydrogen) atoms. The van der Waals surface area contributed by atoms with Gasteiger partial charge in [-0.05, 0) is 0 Å². The van der Waals surface area contributed by atoms with Crippen molar-refractivity contribution in [3.63, 3.8) is 0 Å². The number of carboxylic acid groups (broad SMARTS) is 1. The first-order valence-electron chi connectivity index (χ1n) is 3.79. The highest BCUT2D eigenvalue weighted by atomic mass is 35.5. The quantitative estimate of drug-likeness (QED) is 0.516. The number of nitrogens with one attached hydrogen (secondary N) is 1. The molecule has 0 saturated heterocycles. The van der Waals surface area contributed by atoms with E-state index in [0.29, 0.717) is 0 Å². The van der Waals surface area contributed by atoms with Gasteiger partial charge in [0, 0.05) is 20.8 Å². The van der Waals surface area contributed by atoms with Crippen molar-refractivity contribution in [2.24, 2.45) is 0 Å². The van der Waals surface area contributed by atoms with E-state index in [4.69, 9.17) is 5.11 Å². The van der Waals surface area contributed by atoms with Crippen LogP contribution in [0.4, 0.5) is 0 Å². The van der Waals surface area contributed by atoms with E-state index in [1.54, 1.807) is 4.57 Å². The largest absolute Gasteiger partial charge is 1.00 e. The Morgan fingerprint density at radius 1 is 1.46 bits per heavy atom. The third-order valence-corrected chi connectivity index (χ3v) is 2.01. The molecule has 74 valence electrons. The number of rotatable bonds is 2. The lowest BCUT2D eigenvalue weighted by Crippen LogP contribution is -3.00. The number of aryl methyl sites for hydroxylation is 2. The molecule has 0 aliphatic heterocycles. The first-order valence-corrected chi connectivity index (χ1v) is 3.79. The monoisotopic (exact) mass is 204 g/mol. The van der Waals surface area contributed by atoms with Crippen molar-refractivity contribution in [3.8, 4) is 0 Å². The van der Waals surface area contributed by atoms with E-state index >= 15 is 0 Å². The predicted octanol–water partition coefficient (Wildman–Crippen LogP) is -2.68. The van der Waals surface area contributed by atoms with Crippen molar-refractivity contribution >= 4 is 5.97 Å². The Kier molecular flexibility index (Phi) is 3.94. The molecule has 1 heterocycles. The van der Waals surface area contributed by atoms with Gasteiger partial charge in [-0.3, -0.25) is 0 Å². The Balaban J connectivity index is 0.00000144. The number of carboxylic acids is 1. The predicted molar refractivity (Wildman–Crippen MR) is 42.8 cm³/mol. The van der Waals surface area contributed by atoms with Gasteiger partial charge in [-0.25, -0.2) is 14.3 Å². The lowest BCUT2D eigenvalue weighted by Gasteiger charge is -1.94. The summed E-state index contributed by atoms with van der Waals surface area (Å²) in [7, 11) is 0. The van der Waals surface area contributed by atoms with E-state index in [2.05, 4.69) is 4.98 Å². The van der Waals surface area contributed by atoms with Crippen molar-refractivity contribution in [2.45, 2.75) is 27.3 Å². The number of hydrogen-bond acceptors (Lipinski definition) is 1. The molecule has 0 radical (unpaired) electrons. The molecule has 0 atom stereocenters. The van der Waals surface area contributed by atoms with Crippen molar-refractivity contribution in [1.29, 1.82) is 0 Å². The summed E-state index contributed by atoms with van der Waals surface area (Å²) in [5, 5.41) is 8.59. The first-order chi connectivity index (χ1) is 5.52. The minimum Gasteiger partial charge on any atom is -1.00 e. The second-order valence-electron chi connectivity index (χ2n) is 2.90. The van der Waals surface area contributed by atoms with Gasteiger partial charge >= 0.3 is 5.97 Å². The minimum atomic E-state index is -0.815. The molecule has 0 saturated carbocycles. The fraction of sp³-hybridized carbons (Fsp3) is 0.500. The summed E-state index contributed by atoms with van der Waals surface area (Å²) in [6, 6.07) is 0. The maximum Gasteiger partial charge on any atom is 0.346 e. The highest BCUT2D eigenvalue weighted by molar-refractivity contribution is 5.64. The van der Waals surface area contributed by atoms with Crippen LogP contribution in [-0.2, 0) is 11.3 Å². The van der Waals surface area contributed by atoms with Gasteiger partial charge in [0.05, 0.1) is 0 Å². The molecular weight excluding hydrogens is 192 g/mol. The van der Waals surface area contributed by atoms with Crippen LogP contribution in [0.2, 0.25) is 0 Å². The van der Waals surface area contributed by atoms with Crippen LogP contribution in [0.25, 0.3) is 0 Å². The number of halogens is 1. The summed E-state index contributed by atoms with van der Waals surface area (Å²) in [6.45, 7) is 5.73. The van der Waals surface area contributed by atoms with Gasteiger partial charge in [0.25, 0.3) is 5.82 Å². The Morgan fingerprint density at radius 2 is 2.00 bits per heavy atom. The maximum atomic E-state index is 10.4. The fourth-order valence-corrected chi connectivity index (χ4v) is 1.26. The van der Waals surface area contributed by atoms with Crippen molar-refractivity contribution in [1.82, 2.24) is 4.98 Å². The molecule has 0 aromatic carbocycles. The topological polar surface area (TPSA) is 57.0 Å². The van der Waals surface area contributed by atoms with Crippen LogP contribution in [0, 0.1) is 20.8 Å². The first kappa shape index (κ1) is 12.0. The molecular formula is C8H13ClN2O2. The van der Waals surface area contributed by atoms with Crippen molar-refractivity contribution in [2.75, 3.05) is 0 Å². The number of hydrogen-bond donors (Lipinski definition) is 2. The number of aliphatic carboxylic acids is 1. The molecule has 1 aromatic rings. The highest BCUT2D eigenvalue weighted by Crippen LogP contribution is 1.99. The van der Waals surface area contributed by atoms with Crippen LogP contribution in [0.1, 0.15) is 17.2 Å². The maximum absolute atomic E-state index is 10.4. The van der Waals surface area contributed by atoms with Crippen LogP contribution >= 0.6 is 0 Å². The zero-order valence-corrected chi connectivity index (χ0v) is 8.64. The van der Waals surface area contributed by atoms with Gasteiger partial charge in [0.15, 0.2) is 6.54 Å². The van der Waals surface area contributed by atoms with E-state index in [-0.39, 0.29) is 19.0 Å². The molecule has 0 spiro atoms. The highest BCUT2D eigenvalue weighted by Gasteiger charge is 2.16. The molecule has 1 aromatic heterocycles. The third kappa shape index (κ3) is 2.45. The van der Waals surface area contributed by atoms with Crippen LogP contribution in [-0.4, -0.2) is 16.1 Å². The molecule has 0 aliphatic rings. The van der Waals surface area contributed by atoms with Gasteiger partial charge in [0.2, 0.25) is 0 Å². The smallest absolute Gasteiger partial charge is 0.346 e. The van der Waals surface area contributed by atoms with Gasteiger partial charge in [-0.2, -0.15) is 0 Å². The van der Waals surface area contributed by atoms with Gasteiger partial charge in [0.1, 0.15) is 11.4 Å². The van der Waals surface area contributed by atoms with E-state index in [0.717, 1.165) is 17.2 Å². The van der Waals surface area contributed by atoms with Crippen molar-refractivity contribution < 1.29 is 26.9 Å². The lowest BCUT2D eigenvalue weighted by atomic mass is 10.4. The standard InChI is InChI=1S/C8H12N2O2.ClH/c1-5-6(2)10(4-8(11)12)7(3)9-5;/h4H2,1-3H3,(H,11,12);1H. The number of H-pyrrole nitrogens is 1. The van der Waals surface area contributed by atoms with E-state index in [9.17, 15) is 4.79 Å². The minimum absolute atomic E-state index is 0. The summed E-state index contributed by atoms with van der Waals surface area (Å²) in [4.78, 5) is 13.5.